The summed E-state index contributed by atoms with van der Waals surface area (Å²) in [4.78, 5) is 25.8. The SMILES string of the molecule is COCCNC(=O)[C@H]1CCCN1C(=O)OCc1ccccc1. The summed E-state index contributed by atoms with van der Waals surface area (Å²) in [5.74, 6) is -0.147. The van der Waals surface area contributed by atoms with Crippen molar-refractivity contribution >= 4 is 12.0 Å². The van der Waals surface area contributed by atoms with Crippen molar-refractivity contribution in [3.05, 3.63) is 35.9 Å². The molecule has 1 N–H and O–H groups in total. The Bertz CT molecular complexity index is 492. The Morgan fingerprint density at radius 2 is 2.09 bits per heavy atom. The fourth-order valence-electron chi connectivity index (χ4n) is 2.45. The first kappa shape index (κ1) is 16.3. The van der Waals surface area contributed by atoms with E-state index in [4.69, 9.17) is 9.47 Å². The lowest BCUT2D eigenvalue weighted by atomic mass is 10.2. The van der Waals surface area contributed by atoms with Crippen LogP contribution in [-0.4, -0.2) is 49.7 Å². The van der Waals surface area contributed by atoms with Crippen LogP contribution in [0.2, 0.25) is 0 Å². The molecule has 0 bridgehead atoms. The van der Waals surface area contributed by atoms with Crippen molar-refractivity contribution in [3.8, 4) is 0 Å². The molecule has 120 valence electrons. The molecule has 6 heteroatoms. The third-order valence-corrected chi connectivity index (χ3v) is 3.60. The molecule has 0 aliphatic carbocycles. The minimum Gasteiger partial charge on any atom is -0.445 e. The number of amides is 2. The van der Waals surface area contributed by atoms with Crippen LogP contribution >= 0.6 is 0 Å². The highest BCUT2D eigenvalue weighted by atomic mass is 16.6. The fraction of sp³-hybridized carbons (Fsp3) is 0.500. The van der Waals surface area contributed by atoms with E-state index >= 15 is 0 Å². The average molecular weight is 306 g/mol. The second-order valence-corrected chi connectivity index (χ2v) is 5.18. The van der Waals surface area contributed by atoms with Gasteiger partial charge in [0.1, 0.15) is 12.6 Å². The molecule has 6 nitrogen and oxygen atoms in total. The Morgan fingerprint density at radius 3 is 2.82 bits per heavy atom. The summed E-state index contributed by atoms with van der Waals surface area (Å²) in [5.41, 5.74) is 0.927. The normalized spacial score (nSPS) is 17.3. The summed E-state index contributed by atoms with van der Waals surface area (Å²) in [6, 6.07) is 9.04. The highest BCUT2D eigenvalue weighted by molar-refractivity contribution is 5.86. The first-order chi connectivity index (χ1) is 10.7. The Hall–Kier alpha value is -2.08. The number of hydrogen-bond acceptors (Lipinski definition) is 4. The predicted octanol–water partition coefficient (Wildman–Crippen LogP) is 1.55. The molecule has 0 radical (unpaired) electrons. The second kappa shape index (κ2) is 8.38. The molecule has 1 fully saturated rings. The maximum absolute atomic E-state index is 12.2. The molecule has 1 aromatic carbocycles. The summed E-state index contributed by atoms with van der Waals surface area (Å²) in [5, 5.41) is 2.77. The van der Waals surface area contributed by atoms with Crippen molar-refractivity contribution in [2.45, 2.75) is 25.5 Å². The number of nitrogens with one attached hydrogen (secondary N) is 1. The van der Waals surface area contributed by atoms with E-state index in [1.54, 1.807) is 7.11 Å². The predicted molar refractivity (Wildman–Crippen MR) is 81.2 cm³/mol. The number of methoxy groups -OCH3 is 1. The zero-order chi connectivity index (χ0) is 15.8. The average Bonchev–Trinajstić information content (AvgIpc) is 3.03. The monoisotopic (exact) mass is 306 g/mol. The molecular weight excluding hydrogens is 284 g/mol. The van der Waals surface area contributed by atoms with Crippen molar-refractivity contribution < 1.29 is 19.1 Å². The molecule has 1 saturated heterocycles. The summed E-state index contributed by atoms with van der Waals surface area (Å²) in [6.45, 7) is 1.67. The van der Waals surface area contributed by atoms with Gasteiger partial charge in [-0.1, -0.05) is 30.3 Å². The van der Waals surface area contributed by atoms with Gasteiger partial charge < -0.3 is 14.8 Å². The van der Waals surface area contributed by atoms with Crippen LogP contribution in [0.15, 0.2) is 30.3 Å². The minimum atomic E-state index is -0.444. The summed E-state index contributed by atoms with van der Waals surface area (Å²) in [7, 11) is 1.58. The van der Waals surface area contributed by atoms with E-state index in [0.29, 0.717) is 26.1 Å². The van der Waals surface area contributed by atoms with Gasteiger partial charge >= 0.3 is 6.09 Å². The quantitative estimate of drug-likeness (QED) is 0.810. The van der Waals surface area contributed by atoms with Crippen molar-refractivity contribution in [2.24, 2.45) is 0 Å². The first-order valence-electron chi connectivity index (χ1n) is 7.46. The van der Waals surface area contributed by atoms with Gasteiger partial charge in [-0.15, -0.1) is 0 Å². The Morgan fingerprint density at radius 1 is 1.32 bits per heavy atom. The standard InChI is InChI=1S/C16H22N2O4/c1-21-11-9-17-15(19)14-8-5-10-18(14)16(20)22-12-13-6-3-2-4-7-13/h2-4,6-7,14H,5,8-12H2,1H3,(H,17,19)/t14-/m1/s1. The largest absolute Gasteiger partial charge is 0.445 e. The molecule has 0 saturated carbocycles. The summed E-state index contributed by atoms with van der Waals surface area (Å²) in [6.07, 6.45) is 1.04. The van der Waals surface area contributed by atoms with Crippen LogP contribution in [0.25, 0.3) is 0 Å². The number of carbonyl (C=O) groups is 2. The lowest BCUT2D eigenvalue weighted by Crippen LogP contribution is -2.46. The molecule has 0 unspecified atom stereocenters. The molecule has 1 aromatic rings. The zero-order valence-corrected chi connectivity index (χ0v) is 12.8. The van der Waals surface area contributed by atoms with E-state index in [2.05, 4.69) is 5.32 Å². The smallest absolute Gasteiger partial charge is 0.410 e. The number of likely N-dealkylation sites (tertiary alicyclic amines) is 1. The topological polar surface area (TPSA) is 67.9 Å². The van der Waals surface area contributed by atoms with Crippen LogP contribution in [-0.2, 0) is 20.9 Å². The fourth-order valence-corrected chi connectivity index (χ4v) is 2.45. The minimum absolute atomic E-state index is 0.147. The van der Waals surface area contributed by atoms with E-state index in [9.17, 15) is 9.59 Å². The van der Waals surface area contributed by atoms with Crippen molar-refractivity contribution in [2.75, 3.05) is 26.8 Å². The molecule has 2 amide bonds. The Labute approximate surface area is 130 Å². The van der Waals surface area contributed by atoms with Crippen LogP contribution in [0.4, 0.5) is 4.79 Å². The number of hydrogen-bond donors (Lipinski definition) is 1. The molecule has 0 spiro atoms. The highest BCUT2D eigenvalue weighted by Crippen LogP contribution is 2.19. The number of rotatable bonds is 6. The van der Waals surface area contributed by atoms with Gasteiger partial charge in [0.15, 0.2) is 0 Å². The van der Waals surface area contributed by atoms with Gasteiger partial charge in [0.2, 0.25) is 5.91 Å². The maximum Gasteiger partial charge on any atom is 0.410 e. The number of carbonyl (C=O) groups excluding carboxylic acids is 2. The van der Waals surface area contributed by atoms with Crippen LogP contribution < -0.4 is 5.32 Å². The lowest BCUT2D eigenvalue weighted by molar-refractivity contribution is -0.125. The molecule has 22 heavy (non-hydrogen) atoms. The number of benzene rings is 1. The second-order valence-electron chi connectivity index (χ2n) is 5.18. The van der Waals surface area contributed by atoms with Gasteiger partial charge in [0.05, 0.1) is 6.61 Å². The van der Waals surface area contributed by atoms with E-state index in [1.807, 2.05) is 30.3 Å². The maximum atomic E-state index is 12.2. The molecule has 1 aliphatic heterocycles. The molecule has 1 atom stereocenters. The summed E-state index contributed by atoms with van der Waals surface area (Å²) < 4.78 is 10.2. The van der Waals surface area contributed by atoms with E-state index in [0.717, 1.165) is 12.0 Å². The van der Waals surface area contributed by atoms with Gasteiger partial charge in [0, 0.05) is 20.2 Å². The lowest BCUT2D eigenvalue weighted by Gasteiger charge is -2.23. The number of nitrogens with zero attached hydrogens (tertiary/aromatic N) is 1. The molecular formula is C16H22N2O4. The number of ether oxygens (including phenoxy) is 2. The third-order valence-electron chi connectivity index (χ3n) is 3.60. The molecule has 2 rings (SSSR count). The van der Waals surface area contributed by atoms with Crippen molar-refractivity contribution in [1.29, 1.82) is 0 Å². The third kappa shape index (κ3) is 4.46. The first-order valence-corrected chi connectivity index (χ1v) is 7.46. The van der Waals surface area contributed by atoms with Crippen molar-refractivity contribution in [3.63, 3.8) is 0 Å². The van der Waals surface area contributed by atoms with Crippen LogP contribution in [0.1, 0.15) is 18.4 Å². The van der Waals surface area contributed by atoms with Gasteiger partial charge in [-0.3, -0.25) is 9.69 Å². The van der Waals surface area contributed by atoms with E-state index < -0.39 is 12.1 Å². The van der Waals surface area contributed by atoms with Crippen LogP contribution in [0, 0.1) is 0 Å². The Kier molecular flexibility index (Phi) is 6.21. The van der Waals surface area contributed by atoms with Gasteiger partial charge in [-0.05, 0) is 18.4 Å². The van der Waals surface area contributed by atoms with Gasteiger partial charge in [-0.2, -0.15) is 0 Å². The van der Waals surface area contributed by atoms with E-state index in [1.165, 1.54) is 4.90 Å². The van der Waals surface area contributed by atoms with Crippen molar-refractivity contribution in [1.82, 2.24) is 10.2 Å². The van der Waals surface area contributed by atoms with Crippen LogP contribution in [0.5, 0.6) is 0 Å². The molecule has 0 aromatic heterocycles. The summed E-state index contributed by atoms with van der Waals surface area (Å²) >= 11 is 0. The zero-order valence-electron chi connectivity index (χ0n) is 12.8. The highest BCUT2D eigenvalue weighted by Gasteiger charge is 2.34. The van der Waals surface area contributed by atoms with Gasteiger partial charge in [0.25, 0.3) is 0 Å². The Balaban J connectivity index is 1.84. The molecule has 1 heterocycles. The van der Waals surface area contributed by atoms with Gasteiger partial charge in [-0.25, -0.2) is 4.79 Å². The molecule has 1 aliphatic rings. The van der Waals surface area contributed by atoms with E-state index in [-0.39, 0.29) is 12.5 Å². The van der Waals surface area contributed by atoms with Crippen LogP contribution in [0.3, 0.4) is 0 Å².